The maximum atomic E-state index is 12.7. The van der Waals surface area contributed by atoms with Gasteiger partial charge in [0.25, 0.3) is 5.56 Å². The fourth-order valence-corrected chi connectivity index (χ4v) is 3.95. The summed E-state index contributed by atoms with van der Waals surface area (Å²) < 4.78 is 2.34. The predicted octanol–water partition coefficient (Wildman–Crippen LogP) is 1.63. The summed E-state index contributed by atoms with van der Waals surface area (Å²) in [4.78, 5) is 53.3. The van der Waals surface area contributed by atoms with Gasteiger partial charge in [0, 0.05) is 43.5 Å². The van der Waals surface area contributed by atoms with Gasteiger partial charge in [-0.05, 0) is 30.7 Å². The van der Waals surface area contributed by atoms with Crippen LogP contribution in [-0.2, 0) is 23.7 Å². The Labute approximate surface area is 176 Å². The smallest absolute Gasteiger partial charge is 0.326 e. The molecule has 0 saturated heterocycles. The number of aryl methyl sites for hydroxylation is 2. The van der Waals surface area contributed by atoms with E-state index < -0.39 is 11.2 Å². The lowest BCUT2D eigenvalue weighted by molar-refractivity contribution is -0.114. The van der Waals surface area contributed by atoms with E-state index in [0.29, 0.717) is 21.7 Å². The summed E-state index contributed by atoms with van der Waals surface area (Å²) in [6.45, 7) is 3.21. The van der Waals surface area contributed by atoms with Crippen molar-refractivity contribution in [1.29, 1.82) is 0 Å². The maximum absolute atomic E-state index is 12.7. The van der Waals surface area contributed by atoms with Gasteiger partial charge in [0.2, 0.25) is 11.8 Å². The highest BCUT2D eigenvalue weighted by molar-refractivity contribution is 8.00. The Kier molecular flexibility index (Phi) is 6.06. The van der Waals surface area contributed by atoms with E-state index in [-0.39, 0.29) is 23.2 Å². The minimum Gasteiger partial charge on any atom is -0.326 e. The standard InChI is InChI=1S/C20H21N5O4S/c1-11-9-21-18-16(19(28)25(4)20(29)24(18)3)17(11)30-10-15(27)23-14-7-5-6-13(8-14)22-12(2)26/h5-9H,10H2,1-4H3,(H,22,26)(H,23,27). The van der Waals surface area contributed by atoms with Crippen LogP contribution in [0.4, 0.5) is 11.4 Å². The number of pyridine rings is 1. The van der Waals surface area contributed by atoms with Crippen LogP contribution in [0.2, 0.25) is 0 Å². The summed E-state index contributed by atoms with van der Waals surface area (Å²) in [5.74, 6) is -0.424. The second-order valence-corrected chi connectivity index (χ2v) is 7.76. The second-order valence-electron chi connectivity index (χ2n) is 6.77. The molecule has 0 spiro atoms. The molecule has 30 heavy (non-hydrogen) atoms. The number of thioether (sulfide) groups is 1. The van der Waals surface area contributed by atoms with E-state index in [1.54, 1.807) is 44.4 Å². The molecule has 1 aromatic carbocycles. The van der Waals surface area contributed by atoms with E-state index in [2.05, 4.69) is 15.6 Å². The molecule has 2 N–H and O–H groups in total. The second kappa shape index (κ2) is 8.54. The van der Waals surface area contributed by atoms with Crippen molar-refractivity contribution < 1.29 is 9.59 Å². The first-order chi connectivity index (χ1) is 14.2. The Balaban J connectivity index is 1.85. The van der Waals surface area contributed by atoms with Crippen molar-refractivity contribution in [3.05, 3.63) is 56.9 Å². The number of hydrogen-bond donors (Lipinski definition) is 2. The number of benzene rings is 1. The molecular weight excluding hydrogens is 406 g/mol. The van der Waals surface area contributed by atoms with Crippen molar-refractivity contribution in [2.24, 2.45) is 14.1 Å². The summed E-state index contributed by atoms with van der Waals surface area (Å²) in [6, 6.07) is 6.81. The number of anilines is 2. The van der Waals surface area contributed by atoms with Gasteiger partial charge in [0.05, 0.1) is 11.1 Å². The Morgan fingerprint density at radius 1 is 1.10 bits per heavy atom. The summed E-state index contributed by atoms with van der Waals surface area (Å²) in [6.07, 6.45) is 1.58. The Morgan fingerprint density at radius 3 is 2.43 bits per heavy atom. The molecule has 0 saturated carbocycles. The average Bonchev–Trinajstić information content (AvgIpc) is 2.69. The van der Waals surface area contributed by atoms with Crippen molar-refractivity contribution >= 4 is 46.0 Å². The Bertz CT molecular complexity index is 1280. The molecular formula is C20H21N5O4S. The average molecular weight is 427 g/mol. The molecule has 2 heterocycles. The third-order valence-electron chi connectivity index (χ3n) is 4.41. The molecule has 10 heteroatoms. The number of aromatic nitrogens is 3. The molecule has 3 rings (SSSR count). The SMILES string of the molecule is CC(=O)Nc1cccc(NC(=O)CSc2c(C)cnc3c2c(=O)n(C)c(=O)n3C)c1. The van der Waals surface area contributed by atoms with Crippen LogP contribution in [-0.4, -0.2) is 31.7 Å². The van der Waals surface area contributed by atoms with Crippen molar-refractivity contribution in [2.45, 2.75) is 18.7 Å². The molecule has 0 aliphatic heterocycles. The minimum atomic E-state index is -0.461. The van der Waals surface area contributed by atoms with Crippen molar-refractivity contribution in [3.8, 4) is 0 Å². The number of hydrogen-bond acceptors (Lipinski definition) is 6. The summed E-state index contributed by atoms with van der Waals surface area (Å²) in [7, 11) is 2.96. The fourth-order valence-electron chi connectivity index (χ4n) is 3.00. The van der Waals surface area contributed by atoms with Gasteiger partial charge >= 0.3 is 5.69 Å². The van der Waals surface area contributed by atoms with E-state index in [0.717, 1.165) is 10.1 Å². The lowest BCUT2D eigenvalue weighted by atomic mass is 10.2. The van der Waals surface area contributed by atoms with E-state index in [9.17, 15) is 19.2 Å². The third kappa shape index (κ3) is 4.28. The van der Waals surface area contributed by atoms with Gasteiger partial charge in [-0.25, -0.2) is 9.78 Å². The zero-order valence-electron chi connectivity index (χ0n) is 17.0. The largest absolute Gasteiger partial charge is 0.332 e. The summed E-state index contributed by atoms with van der Waals surface area (Å²) in [5, 5.41) is 5.74. The molecule has 0 aliphatic rings. The van der Waals surface area contributed by atoms with Gasteiger partial charge in [-0.2, -0.15) is 0 Å². The van der Waals surface area contributed by atoms with Crippen LogP contribution in [0, 0.1) is 6.92 Å². The quantitative estimate of drug-likeness (QED) is 0.598. The molecule has 0 bridgehead atoms. The third-order valence-corrected chi connectivity index (χ3v) is 5.63. The van der Waals surface area contributed by atoms with Crippen molar-refractivity contribution in [1.82, 2.24) is 14.1 Å². The first kappa shape index (κ1) is 21.3. The molecule has 0 atom stereocenters. The fraction of sp³-hybridized carbons (Fsp3) is 0.250. The van der Waals surface area contributed by atoms with E-state index in [1.165, 1.54) is 30.3 Å². The van der Waals surface area contributed by atoms with Crippen molar-refractivity contribution in [3.63, 3.8) is 0 Å². The van der Waals surface area contributed by atoms with Crippen LogP contribution in [0.3, 0.4) is 0 Å². The highest BCUT2D eigenvalue weighted by Gasteiger charge is 2.17. The number of carbonyl (C=O) groups excluding carboxylic acids is 2. The predicted molar refractivity (Wildman–Crippen MR) is 117 cm³/mol. The molecule has 0 radical (unpaired) electrons. The first-order valence-corrected chi connectivity index (χ1v) is 10.0. The normalized spacial score (nSPS) is 10.8. The molecule has 0 aliphatic carbocycles. The lowest BCUT2D eigenvalue weighted by Gasteiger charge is -2.12. The highest BCUT2D eigenvalue weighted by atomic mass is 32.2. The van der Waals surface area contributed by atoms with Crippen LogP contribution in [0.15, 0.2) is 44.9 Å². The van der Waals surface area contributed by atoms with Crippen LogP contribution >= 0.6 is 11.8 Å². The van der Waals surface area contributed by atoms with Crippen molar-refractivity contribution in [2.75, 3.05) is 16.4 Å². The Morgan fingerprint density at radius 2 is 1.77 bits per heavy atom. The van der Waals surface area contributed by atoms with Gasteiger partial charge in [0.15, 0.2) is 0 Å². The number of carbonyl (C=O) groups is 2. The maximum Gasteiger partial charge on any atom is 0.332 e. The van der Waals surface area contributed by atoms with E-state index in [1.807, 2.05) is 0 Å². The molecule has 9 nitrogen and oxygen atoms in total. The van der Waals surface area contributed by atoms with Gasteiger partial charge < -0.3 is 10.6 Å². The highest BCUT2D eigenvalue weighted by Crippen LogP contribution is 2.27. The van der Waals surface area contributed by atoms with Gasteiger partial charge in [-0.3, -0.25) is 23.5 Å². The van der Waals surface area contributed by atoms with Crippen LogP contribution < -0.4 is 21.9 Å². The lowest BCUT2D eigenvalue weighted by Crippen LogP contribution is -2.37. The number of fused-ring (bicyclic) bond motifs is 1. The van der Waals surface area contributed by atoms with Crippen LogP contribution in [0.1, 0.15) is 12.5 Å². The molecule has 156 valence electrons. The van der Waals surface area contributed by atoms with E-state index in [4.69, 9.17) is 0 Å². The molecule has 0 fully saturated rings. The molecule has 0 unspecified atom stereocenters. The zero-order chi connectivity index (χ0) is 22.0. The van der Waals surface area contributed by atoms with Gasteiger partial charge in [0.1, 0.15) is 5.65 Å². The van der Waals surface area contributed by atoms with Crippen LogP contribution in [0.25, 0.3) is 11.0 Å². The number of rotatable bonds is 5. The van der Waals surface area contributed by atoms with E-state index >= 15 is 0 Å². The number of nitrogens with zero attached hydrogens (tertiary/aromatic N) is 3. The number of amides is 2. The minimum absolute atomic E-state index is 0.0519. The summed E-state index contributed by atoms with van der Waals surface area (Å²) >= 11 is 1.21. The molecule has 2 aromatic heterocycles. The monoisotopic (exact) mass is 427 g/mol. The molecule has 2 amide bonds. The van der Waals surface area contributed by atoms with Crippen LogP contribution in [0.5, 0.6) is 0 Å². The zero-order valence-corrected chi connectivity index (χ0v) is 17.8. The topological polar surface area (TPSA) is 115 Å². The van der Waals surface area contributed by atoms with Gasteiger partial charge in [-0.1, -0.05) is 6.07 Å². The van der Waals surface area contributed by atoms with Gasteiger partial charge in [-0.15, -0.1) is 11.8 Å². The molecule has 3 aromatic rings. The Hall–Kier alpha value is -3.40. The summed E-state index contributed by atoms with van der Waals surface area (Å²) in [5.41, 5.74) is 1.23. The first-order valence-electron chi connectivity index (χ1n) is 9.04. The number of nitrogens with one attached hydrogen (secondary N) is 2.